The van der Waals surface area contributed by atoms with Crippen molar-refractivity contribution in [1.82, 2.24) is 14.9 Å². The van der Waals surface area contributed by atoms with Gasteiger partial charge in [-0.1, -0.05) is 25.6 Å². The first-order chi connectivity index (χ1) is 11.8. The van der Waals surface area contributed by atoms with Crippen LogP contribution in [0.25, 0.3) is 11.0 Å². The Bertz CT molecular complexity index is 743. The van der Waals surface area contributed by atoms with Crippen LogP contribution < -0.4 is 5.32 Å². The van der Waals surface area contributed by atoms with Crippen LogP contribution in [-0.2, 0) is 17.5 Å². The number of halogens is 3. The quantitative estimate of drug-likeness (QED) is 0.729. The van der Waals surface area contributed by atoms with Gasteiger partial charge in [0.1, 0.15) is 0 Å². The lowest BCUT2D eigenvalue weighted by molar-refractivity contribution is -0.137. The summed E-state index contributed by atoms with van der Waals surface area (Å²) in [6, 6.07) is 3.64. The Kier molecular flexibility index (Phi) is 6.37. The van der Waals surface area contributed by atoms with E-state index >= 15 is 0 Å². The van der Waals surface area contributed by atoms with Gasteiger partial charge in [0, 0.05) is 12.6 Å². The lowest BCUT2D eigenvalue weighted by Gasteiger charge is -2.12. The SMILES string of the molecule is CCCn1c(SCC(=O)NC(C)CC)nc2ccc(C(F)(F)F)cc21. The highest BCUT2D eigenvalue weighted by Gasteiger charge is 2.31. The Morgan fingerprint density at radius 1 is 1.36 bits per heavy atom. The Morgan fingerprint density at radius 3 is 2.68 bits per heavy atom. The molecule has 2 rings (SSSR count). The molecule has 1 heterocycles. The molecule has 1 amide bonds. The van der Waals surface area contributed by atoms with Gasteiger partial charge in [0.2, 0.25) is 5.91 Å². The van der Waals surface area contributed by atoms with Gasteiger partial charge in [0.25, 0.3) is 0 Å². The number of amides is 1. The maximum absolute atomic E-state index is 13.0. The van der Waals surface area contributed by atoms with Crippen molar-refractivity contribution in [3.63, 3.8) is 0 Å². The van der Waals surface area contributed by atoms with Crippen LogP contribution in [0.5, 0.6) is 0 Å². The third-order valence-electron chi connectivity index (χ3n) is 3.84. The molecule has 25 heavy (non-hydrogen) atoms. The van der Waals surface area contributed by atoms with Crippen LogP contribution in [0.15, 0.2) is 23.4 Å². The van der Waals surface area contributed by atoms with Gasteiger partial charge in [-0.3, -0.25) is 4.79 Å². The van der Waals surface area contributed by atoms with E-state index in [0.29, 0.717) is 22.7 Å². The van der Waals surface area contributed by atoms with E-state index in [0.717, 1.165) is 25.0 Å². The number of nitrogens with one attached hydrogen (secondary N) is 1. The molecule has 2 aromatic rings. The number of imidazole rings is 1. The normalized spacial score (nSPS) is 13.2. The second-order valence-corrected chi connectivity index (χ2v) is 6.86. The minimum Gasteiger partial charge on any atom is -0.353 e. The topological polar surface area (TPSA) is 46.9 Å². The number of carbonyl (C=O) groups excluding carboxylic acids is 1. The van der Waals surface area contributed by atoms with Gasteiger partial charge in [-0.2, -0.15) is 13.2 Å². The van der Waals surface area contributed by atoms with Crippen LogP contribution >= 0.6 is 11.8 Å². The highest BCUT2D eigenvalue weighted by atomic mass is 32.2. The first kappa shape index (κ1) is 19.6. The number of hydrogen-bond acceptors (Lipinski definition) is 3. The molecule has 0 saturated heterocycles. The van der Waals surface area contributed by atoms with Crippen molar-refractivity contribution >= 4 is 28.7 Å². The highest BCUT2D eigenvalue weighted by Crippen LogP contribution is 2.33. The van der Waals surface area contributed by atoms with E-state index in [1.165, 1.54) is 17.8 Å². The molecular weight excluding hydrogens is 351 g/mol. The second-order valence-electron chi connectivity index (χ2n) is 5.91. The summed E-state index contributed by atoms with van der Waals surface area (Å²) in [7, 11) is 0. The Hall–Kier alpha value is -1.70. The van der Waals surface area contributed by atoms with E-state index in [4.69, 9.17) is 0 Å². The molecule has 1 unspecified atom stereocenters. The number of nitrogens with zero attached hydrogens (tertiary/aromatic N) is 2. The van der Waals surface area contributed by atoms with E-state index in [-0.39, 0.29) is 17.7 Å². The average Bonchev–Trinajstić information content (AvgIpc) is 2.89. The maximum Gasteiger partial charge on any atom is 0.416 e. The van der Waals surface area contributed by atoms with Gasteiger partial charge in [-0.15, -0.1) is 0 Å². The van der Waals surface area contributed by atoms with E-state index in [9.17, 15) is 18.0 Å². The van der Waals surface area contributed by atoms with E-state index in [2.05, 4.69) is 10.3 Å². The van der Waals surface area contributed by atoms with Crippen LogP contribution in [0.3, 0.4) is 0 Å². The highest BCUT2D eigenvalue weighted by molar-refractivity contribution is 7.99. The molecule has 4 nitrogen and oxygen atoms in total. The number of hydrogen-bond donors (Lipinski definition) is 1. The van der Waals surface area contributed by atoms with Crippen molar-refractivity contribution in [2.75, 3.05) is 5.75 Å². The summed E-state index contributed by atoms with van der Waals surface area (Å²) < 4.78 is 40.6. The van der Waals surface area contributed by atoms with Crippen molar-refractivity contribution in [1.29, 1.82) is 0 Å². The van der Waals surface area contributed by atoms with Crippen molar-refractivity contribution in [2.24, 2.45) is 0 Å². The number of aromatic nitrogens is 2. The number of rotatable bonds is 7. The lowest BCUT2D eigenvalue weighted by Crippen LogP contribution is -2.33. The monoisotopic (exact) mass is 373 g/mol. The Labute approximate surface area is 149 Å². The van der Waals surface area contributed by atoms with E-state index in [1.807, 2.05) is 20.8 Å². The Balaban J connectivity index is 2.27. The zero-order valence-electron chi connectivity index (χ0n) is 14.5. The van der Waals surface area contributed by atoms with Gasteiger partial charge >= 0.3 is 6.18 Å². The molecule has 0 fully saturated rings. The van der Waals surface area contributed by atoms with Gasteiger partial charge in [0.05, 0.1) is 22.3 Å². The lowest BCUT2D eigenvalue weighted by atomic mass is 10.2. The summed E-state index contributed by atoms with van der Waals surface area (Å²) in [5.74, 6) is 0.0780. The van der Waals surface area contributed by atoms with Crippen LogP contribution in [0.1, 0.15) is 39.2 Å². The third-order valence-corrected chi connectivity index (χ3v) is 4.82. The van der Waals surface area contributed by atoms with Crippen LogP contribution in [-0.4, -0.2) is 27.3 Å². The fourth-order valence-electron chi connectivity index (χ4n) is 2.38. The molecule has 0 spiro atoms. The molecule has 0 saturated carbocycles. The van der Waals surface area contributed by atoms with Crippen molar-refractivity contribution in [3.05, 3.63) is 23.8 Å². The number of fused-ring (bicyclic) bond motifs is 1. The second kappa shape index (κ2) is 8.12. The molecule has 0 radical (unpaired) electrons. The zero-order valence-corrected chi connectivity index (χ0v) is 15.3. The van der Waals surface area contributed by atoms with Crippen LogP contribution in [0.2, 0.25) is 0 Å². The number of benzene rings is 1. The summed E-state index contributed by atoms with van der Waals surface area (Å²) in [5, 5.41) is 3.43. The first-order valence-corrected chi connectivity index (χ1v) is 9.24. The Morgan fingerprint density at radius 2 is 2.08 bits per heavy atom. The first-order valence-electron chi connectivity index (χ1n) is 8.25. The largest absolute Gasteiger partial charge is 0.416 e. The predicted molar refractivity (Wildman–Crippen MR) is 93.6 cm³/mol. The maximum atomic E-state index is 13.0. The van der Waals surface area contributed by atoms with Gasteiger partial charge < -0.3 is 9.88 Å². The molecule has 138 valence electrons. The minimum atomic E-state index is -4.39. The predicted octanol–water partition coefficient (Wildman–Crippen LogP) is 4.47. The van der Waals surface area contributed by atoms with E-state index < -0.39 is 11.7 Å². The summed E-state index contributed by atoms with van der Waals surface area (Å²) in [5.41, 5.74) is 0.260. The summed E-state index contributed by atoms with van der Waals surface area (Å²) in [6.07, 6.45) is -2.79. The molecule has 0 aliphatic heterocycles. The smallest absolute Gasteiger partial charge is 0.353 e. The molecule has 1 aromatic heterocycles. The fraction of sp³-hybridized carbons (Fsp3) is 0.529. The summed E-state index contributed by atoms with van der Waals surface area (Å²) in [4.78, 5) is 16.3. The van der Waals surface area contributed by atoms with Crippen LogP contribution in [0, 0.1) is 0 Å². The van der Waals surface area contributed by atoms with E-state index in [1.54, 1.807) is 4.57 Å². The molecule has 0 bridgehead atoms. The van der Waals surface area contributed by atoms with Gasteiger partial charge in [-0.05, 0) is 38.0 Å². The minimum absolute atomic E-state index is 0.0944. The van der Waals surface area contributed by atoms with Gasteiger partial charge in [0.15, 0.2) is 5.16 Å². The number of alkyl halides is 3. The number of aryl methyl sites for hydroxylation is 1. The molecule has 0 aliphatic rings. The fourth-order valence-corrected chi connectivity index (χ4v) is 3.23. The van der Waals surface area contributed by atoms with Crippen molar-refractivity contribution in [2.45, 2.75) is 57.5 Å². The third kappa shape index (κ3) is 4.90. The molecule has 1 aromatic carbocycles. The number of thioether (sulfide) groups is 1. The standard InChI is InChI=1S/C17H22F3N3OS/c1-4-8-23-14-9-12(17(18,19)20)6-7-13(14)22-16(23)25-10-15(24)21-11(3)5-2/h6-7,9,11H,4-5,8,10H2,1-3H3,(H,21,24). The molecular formula is C17H22F3N3OS. The summed E-state index contributed by atoms with van der Waals surface area (Å²) >= 11 is 1.25. The van der Waals surface area contributed by atoms with Gasteiger partial charge in [-0.25, -0.2) is 4.98 Å². The molecule has 8 heteroatoms. The summed E-state index contributed by atoms with van der Waals surface area (Å²) in [6.45, 7) is 6.40. The zero-order chi connectivity index (χ0) is 18.6. The van der Waals surface area contributed by atoms with Crippen LogP contribution in [0.4, 0.5) is 13.2 Å². The molecule has 1 N–H and O–H groups in total. The molecule has 1 atom stereocenters. The average molecular weight is 373 g/mol. The van der Waals surface area contributed by atoms with Crippen molar-refractivity contribution in [3.8, 4) is 0 Å². The number of carbonyl (C=O) groups is 1. The molecule has 0 aliphatic carbocycles. The van der Waals surface area contributed by atoms with Crippen molar-refractivity contribution < 1.29 is 18.0 Å².